The fourth-order valence-electron chi connectivity index (χ4n) is 7.50. The zero-order chi connectivity index (χ0) is 25.1. The van der Waals surface area contributed by atoms with Crippen molar-refractivity contribution in [3.05, 3.63) is 35.5 Å². The van der Waals surface area contributed by atoms with Gasteiger partial charge in [-0.3, -0.25) is 0 Å². The molecule has 0 aromatic rings. The lowest BCUT2D eigenvalue weighted by Crippen LogP contribution is -2.38. The number of allylic oxidation sites excluding steroid dienone is 3. The van der Waals surface area contributed by atoms with Crippen LogP contribution in [0, 0.1) is 29.1 Å². The smallest absolute Gasteiger partial charge is 0.0839 e. The molecule has 3 fully saturated rings. The molecule has 0 amide bonds. The molecule has 4 heteroatoms. The van der Waals surface area contributed by atoms with Crippen LogP contribution in [-0.2, 0) is 0 Å². The molecular formula is C30H50O4. The van der Waals surface area contributed by atoms with Crippen LogP contribution in [-0.4, -0.2) is 44.8 Å². The molecule has 194 valence electrons. The molecule has 0 bridgehead atoms. The lowest BCUT2D eigenvalue weighted by molar-refractivity contribution is 0.0112. The Morgan fingerprint density at radius 2 is 1.91 bits per heavy atom. The summed E-state index contributed by atoms with van der Waals surface area (Å²) in [6.45, 7) is 13.0. The summed E-state index contributed by atoms with van der Waals surface area (Å²) in [5.74, 6) is 1.78. The molecule has 34 heavy (non-hydrogen) atoms. The van der Waals surface area contributed by atoms with Crippen LogP contribution in [0.25, 0.3) is 0 Å². The maximum Gasteiger partial charge on any atom is 0.0839 e. The van der Waals surface area contributed by atoms with Crippen molar-refractivity contribution in [2.24, 2.45) is 29.1 Å². The molecule has 3 rings (SSSR count). The van der Waals surface area contributed by atoms with Crippen molar-refractivity contribution in [2.75, 3.05) is 6.61 Å². The summed E-state index contributed by atoms with van der Waals surface area (Å²) < 4.78 is 0. The van der Waals surface area contributed by atoms with Crippen molar-refractivity contribution in [3.63, 3.8) is 0 Å². The van der Waals surface area contributed by atoms with Crippen LogP contribution < -0.4 is 0 Å². The number of aliphatic hydroxyl groups is 4. The Kier molecular flexibility index (Phi) is 9.28. The van der Waals surface area contributed by atoms with Crippen molar-refractivity contribution in [1.29, 1.82) is 0 Å². The van der Waals surface area contributed by atoms with Crippen LogP contribution in [0.2, 0.25) is 0 Å². The number of aliphatic hydroxyl groups excluding tert-OH is 3. The average molecular weight is 475 g/mol. The summed E-state index contributed by atoms with van der Waals surface area (Å²) in [6, 6.07) is 0. The first kappa shape index (κ1) is 27.6. The van der Waals surface area contributed by atoms with Gasteiger partial charge in [0.2, 0.25) is 0 Å². The topological polar surface area (TPSA) is 80.9 Å². The van der Waals surface area contributed by atoms with Gasteiger partial charge in [-0.25, -0.2) is 0 Å². The third-order valence-corrected chi connectivity index (χ3v) is 9.47. The molecule has 7 atom stereocenters. The highest BCUT2D eigenvalue weighted by atomic mass is 16.3. The van der Waals surface area contributed by atoms with Crippen molar-refractivity contribution in [3.8, 4) is 0 Å². The van der Waals surface area contributed by atoms with Gasteiger partial charge in [-0.05, 0) is 106 Å². The van der Waals surface area contributed by atoms with E-state index in [9.17, 15) is 15.3 Å². The zero-order valence-electron chi connectivity index (χ0n) is 22.1. The van der Waals surface area contributed by atoms with Gasteiger partial charge in [0.1, 0.15) is 0 Å². The van der Waals surface area contributed by atoms with Gasteiger partial charge in [0, 0.05) is 12.5 Å². The molecule has 3 aliphatic carbocycles. The fraction of sp³-hybridized carbons (Fsp3) is 0.800. The zero-order valence-corrected chi connectivity index (χ0v) is 22.1. The fourth-order valence-corrected chi connectivity index (χ4v) is 7.50. The molecule has 0 radical (unpaired) electrons. The predicted octanol–water partition coefficient (Wildman–Crippen LogP) is 5.70. The Hall–Kier alpha value is -0.940. The Balaban J connectivity index is 1.69. The summed E-state index contributed by atoms with van der Waals surface area (Å²) in [6.07, 6.45) is 14.2. The highest BCUT2D eigenvalue weighted by molar-refractivity contribution is 5.39. The summed E-state index contributed by atoms with van der Waals surface area (Å²) >= 11 is 0. The van der Waals surface area contributed by atoms with E-state index in [0.29, 0.717) is 36.5 Å². The van der Waals surface area contributed by atoms with Gasteiger partial charge in [0.05, 0.1) is 17.8 Å². The van der Waals surface area contributed by atoms with E-state index in [2.05, 4.69) is 32.6 Å². The van der Waals surface area contributed by atoms with E-state index in [1.807, 2.05) is 13.8 Å². The van der Waals surface area contributed by atoms with E-state index < -0.39 is 17.8 Å². The van der Waals surface area contributed by atoms with Crippen molar-refractivity contribution < 1.29 is 20.4 Å². The van der Waals surface area contributed by atoms with Crippen molar-refractivity contribution in [1.82, 2.24) is 0 Å². The van der Waals surface area contributed by atoms with E-state index in [1.54, 1.807) is 0 Å². The Labute approximate surface area is 207 Å². The Bertz CT molecular complexity index is 760. The first-order chi connectivity index (χ1) is 16.0. The molecule has 0 unspecified atom stereocenters. The predicted molar refractivity (Wildman–Crippen MR) is 139 cm³/mol. The second-order valence-electron chi connectivity index (χ2n) is 12.5. The Morgan fingerprint density at radius 3 is 2.59 bits per heavy atom. The van der Waals surface area contributed by atoms with Crippen molar-refractivity contribution >= 4 is 0 Å². The van der Waals surface area contributed by atoms with E-state index >= 15 is 0 Å². The van der Waals surface area contributed by atoms with Gasteiger partial charge in [-0.15, -0.1) is 0 Å². The summed E-state index contributed by atoms with van der Waals surface area (Å²) in [5.41, 5.74) is 3.00. The van der Waals surface area contributed by atoms with Gasteiger partial charge in [0.15, 0.2) is 0 Å². The molecule has 3 saturated carbocycles. The van der Waals surface area contributed by atoms with Crippen LogP contribution in [0.4, 0.5) is 0 Å². The average Bonchev–Trinajstić information content (AvgIpc) is 3.12. The minimum absolute atomic E-state index is 0.0798. The SMILES string of the molecule is C=C1/C(=C\C=C2/CCC[C@]3(C)[C@@H]([C@H](C)CCCC(C)(C)O)CC[C@@H]23)C[C@H](O)[C@H](CCCO)[C@@H]1O. The van der Waals surface area contributed by atoms with Gasteiger partial charge in [0.25, 0.3) is 0 Å². The second-order valence-corrected chi connectivity index (χ2v) is 12.5. The van der Waals surface area contributed by atoms with Gasteiger partial charge >= 0.3 is 0 Å². The largest absolute Gasteiger partial charge is 0.396 e. The highest BCUT2D eigenvalue weighted by Gasteiger charge is 2.50. The number of fused-ring (bicyclic) bond motifs is 1. The molecule has 3 aliphatic rings. The van der Waals surface area contributed by atoms with Gasteiger partial charge in [-0.2, -0.15) is 0 Å². The molecule has 0 saturated heterocycles. The lowest BCUT2D eigenvalue weighted by Gasteiger charge is -2.44. The summed E-state index contributed by atoms with van der Waals surface area (Å²) in [5, 5.41) is 40.6. The summed E-state index contributed by atoms with van der Waals surface area (Å²) in [7, 11) is 0. The number of rotatable bonds is 9. The first-order valence-electron chi connectivity index (χ1n) is 13.8. The normalized spacial score (nSPS) is 37.9. The monoisotopic (exact) mass is 474 g/mol. The van der Waals surface area contributed by atoms with E-state index in [-0.39, 0.29) is 12.5 Å². The van der Waals surface area contributed by atoms with E-state index in [1.165, 1.54) is 37.7 Å². The van der Waals surface area contributed by atoms with Gasteiger partial charge < -0.3 is 20.4 Å². The third-order valence-electron chi connectivity index (χ3n) is 9.47. The second kappa shape index (κ2) is 11.4. The van der Waals surface area contributed by atoms with Crippen LogP contribution in [0.1, 0.15) is 98.3 Å². The van der Waals surface area contributed by atoms with E-state index in [0.717, 1.165) is 36.3 Å². The molecule has 0 aromatic carbocycles. The number of hydrogen-bond acceptors (Lipinski definition) is 4. The third kappa shape index (κ3) is 6.24. The van der Waals surface area contributed by atoms with Crippen LogP contribution in [0.15, 0.2) is 35.5 Å². The molecule has 0 spiro atoms. The number of hydrogen-bond donors (Lipinski definition) is 4. The lowest BCUT2D eigenvalue weighted by atomic mass is 9.60. The highest BCUT2D eigenvalue weighted by Crippen LogP contribution is 2.60. The standard InChI is InChI=1S/C30H50O4/c1-20(9-6-16-29(3,4)34)25-14-15-26-22(10-7-17-30(25,26)5)12-13-23-19-27(32)24(11-8-18-31)28(33)21(23)2/h12-13,20,24-28,31-34H,2,6-11,14-19H2,1,3-5H3/b22-12+,23-13-/t20-,24+,25-,26+,27+,28-,30-/m1/s1. The van der Waals surface area contributed by atoms with Crippen LogP contribution in [0.5, 0.6) is 0 Å². The maximum atomic E-state index is 10.7. The van der Waals surface area contributed by atoms with Crippen LogP contribution >= 0.6 is 0 Å². The maximum absolute atomic E-state index is 10.7. The molecule has 4 N–H and O–H groups in total. The van der Waals surface area contributed by atoms with Crippen LogP contribution in [0.3, 0.4) is 0 Å². The minimum Gasteiger partial charge on any atom is -0.396 e. The summed E-state index contributed by atoms with van der Waals surface area (Å²) in [4.78, 5) is 0. The Morgan fingerprint density at radius 1 is 1.18 bits per heavy atom. The molecule has 4 nitrogen and oxygen atoms in total. The van der Waals surface area contributed by atoms with Crippen molar-refractivity contribution in [2.45, 2.75) is 116 Å². The van der Waals surface area contributed by atoms with Gasteiger partial charge in [-0.1, -0.05) is 51.0 Å². The molecule has 0 aromatic heterocycles. The van der Waals surface area contributed by atoms with E-state index in [4.69, 9.17) is 5.11 Å². The minimum atomic E-state index is -0.739. The first-order valence-corrected chi connectivity index (χ1v) is 13.8. The molecule has 0 heterocycles. The molecule has 0 aliphatic heterocycles. The quantitative estimate of drug-likeness (QED) is 0.345. The molecular weight excluding hydrogens is 424 g/mol.